The molecule has 1 unspecified atom stereocenters. The summed E-state index contributed by atoms with van der Waals surface area (Å²) in [5.41, 5.74) is 2.48. The molecule has 1 aliphatic rings. The van der Waals surface area contributed by atoms with Gasteiger partial charge >= 0.3 is 0 Å². The van der Waals surface area contributed by atoms with Crippen molar-refractivity contribution in [1.82, 2.24) is 10.3 Å². The summed E-state index contributed by atoms with van der Waals surface area (Å²) in [4.78, 5) is 29.0. The highest BCUT2D eigenvalue weighted by Gasteiger charge is 2.33. The number of rotatable bonds is 5. The van der Waals surface area contributed by atoms with Crippen molar-refractivity contribution in [1.29, 1.82) is 5.26 Å². The van der Waals surface area contributed by atoms with Gasteiger partial charge in [0.05, 0.1) is 34.5 Å². The quantitative estimate of drug-likeness (QED) is 0.524. The van der Waals surface area contributed by atoms with Crippen LogP contribution in [0.25, 0.3) is 11.3 Å². The van der Waals surface area contributed by atoms with E-state index in [9.17, 15) is 18.0 Å². The summed E-state index contributed by atoms with van der Waals surface area (Å²) in [6.07, 6.45) is 0. The number of sulfone groups is 1. The molecule has 162 valence electrons. The molecule has 32 heavy (non-hydrogen) atoms. The van der Waals surface area contributed by atoms with Crippen LogP contribution in [0.1, 0.15) is 22.8 Å². The highest BCUT2D eigenvalue weighted by molar-refractivity contribution is 7.92. The number of aromatic nitrogens is 1. The zero-order chi connectivity index (χ0) is 22.9. The second-order valence-electron chi connectivity index (χ2n) is 7.00. The van der Waals surface area contributed by atoms with Gasteiger partial charge in [-0.1, -0.05) is 12.1 Å². The molecule has 0 fully saturated rings. The number of thiazole rings is 1. The fraction of sp³-hybridized carbons (Fsp3) is 0.143. The molecule has 1 aliphatic heterocycles. The maximum Gasteiger partial charge on any atom is 0.251 e. The average molecular weight is 468 g/mol. The SMILES string of the molecule is CC1Nc2ccc(C(=O)NCC(=O)Nc3nc(-c4cccc(C#N)c4)cs3)cc2S1(=O)=O. The zero-order valence-electron chi connectivity index (χ0n) is 16.7. The number of nitrogens with one attached hydrogen (secondary N) is 3. The number of fused-ring (bicyclic) bond motifs is 1. The van der Waals surface area contributed by atoms with Crippen LogP contribution in [0.3, 0.4) is 0 Å². The van der Waals surface area contributed by atoms with E-state index in [1.807, 2.05) is 6.07 Å². The molecule has 11 heteroatoms. The molecule has 0 radical (unpaired) electrons. The van der Waals surface area contributed by atoms with E-state index in [-0.39, 0.29) is 17.0 Å². The van der Waals surface area contributed by atoms with Crippen LogP contribution < -0.4 is 16.0 Å². The normalized spacial score (nSPS) is 15.8. The largest absolute Gasteiger partial charge is 0.368 e. The van der Waals surface area contributed by atoms with E-state index < -0.39 is 27.0 Å². The minimum absolute atomic E-state index is 0.0675. The Labute approximate surface area is 188 Å². The van der Waals surface area contributed by atoms with E-state index in [4.69, 9.17) is 5.26 Å². The van der Waals surface area contributed by atoms with Crippen molar-refractivity contribution >= 4 is 43.8 Å². The summed E-state index contributed by atoms with van der Waals surface area (Å²) >= 11 is 1.22. The molecule has 2 amide bonds. The van der Waals surface area contributed by atoms with E-state index in [2.05, 4.69) is 27.0 Å². The maximum atomic E-state index is 12.4. The van der Waals surface area contributed by atoms with E-state index in [0.29, 0.717) is 22.1 Å². The van der Waals surface area contributed by atoms with Gasteiger partial charge in [0.25, 0.3) is 5.91 Å². The number of nitriles is 1. The van der Waals surface area contributed by atoms with Crippen LogP contribution in [-0.2, 0) is 14.6 Å². The zero-order valence-corrected chi connectivity index (χ0v) is 18.4. The van der Waals surface area contributed by atoms with Crippen molar-refractivity contribution in [3.63, 3.8) is 0 Å². The number of carbonyl (C=O) groups is 2. The van der Waals surface area contributed by atoms with Crippen LogP contribution >= 0.6 is 11.3 Å². The van der Waals surface area contributed by atoms with Gasteiger partial charge < -0.3 is 16.0 Å². The van der Waals surface area contributed by atoms with Gasteiger partial charge in [0, 0.05) is 16.5 Å². The number of amides is 2. The molecule has 0 spiro atoms. The third-order valence-electron chi connectivity index (χ3n) is 4.82. The summed E-state index contributed by atoms with van der Waals surface area (Å²) in [6.45, 7) is 1.22. The van der Waals surface area contributed by atoms with Gasteiger partial charge in [0.2, 0.25) is 15.7 Å². The van der Waals surface area contributed by atoms with Crippen LogP contribution in [0, 0.1) is 11.3 Å². The number of carbonyl (C=O) groups excluding carboxylic acids is 2. The summed E-state index contributed by atoms with van der Waals surface area (Å²) in [5, 5.41) is 18.3. The molecule has 4 rings (SSSR count). The third-order valence-corrected chi connectivity index (χ3v) is 7.58. The molecule has 3 N–H and O–H groups in total. The molecule has 0 bridgehead atoms. The Morgan fingerprint density at radius 2 is 2.06 bits per heavy atom. The molecule has 0 saturated carbocycles. The van der Waals surface area contributed by atoms with E-state index in [1.165, 1.54) is 36.5 Å². The first-order chi connectivity index (χ1) is 15.3. The van der Waals surface area contributed by atoms with Crippen molar-refractivity contribution in [2.75, 3.05) is 17.2 Å². The molecule has 3 aromatic rings. The van der Waals surface area contributed by atoms with E-state index >= 15 is 0 Å². The van der Waals surface area contributed by atoms with Crippen molar-refractivity contribution < 1.29 is 18.0 Å². The average Bonchev–Trinajstić information content (AvgIpc) is 3.34. The maximum absolute atomic E-state index is 12.4. The van der Waals surface area contributed by atoms with Crippen LogP contribution in [0.2, 0.25) is 0 Å². The smallest absolute Gasteiger partial charge is 0.251 e. The number of anilines is 2. The first-order valence-electron chi connectivity index (χ1n) is 9.46. The van der Waals surface area contributed by atoms with Gasteiger partial charge in [-0.15, -0.1) is 11.3 Å². The monoisotopic (exact) mass is 467 g/mol. The summed E-state index contributed by atoms with van der Waals surface area (Å²) in [6, 6.07) is 13.4. The number of hydrogen-bond acceptors (Lipinski definition) is 8. The topological polar surface area (TPSA) is 141 Å². The summed E-state index contributed by atoms with van der Waals surface area (Å²) in [5.74, 6) is -1.04. The lowest BCUT2D eigenvalue weighted by molar-refractivity contribution is -0.115. The van der Waals surface area contributed by atoms with Gasteiger partial charge in [0.15, 0.2) is 5.13 Å². The highest BCUT2D eigenvalue weighted by atomic mass is 32.2. The van der Waals surface area contributed by atoms with Crippen molar-refractivity contribution in [3.8, 4) is 17.3 Å². The molecule has 9 nitrogen and oxygen atoms in total. The Hall–Kier alpha value is -3.75. The Bertz CT molecular complexity index is 1370. The standard InChI is InChI=1S/C21H17N5O4S2/c1-12-24-16-6-5-15(8-18(16)32(12,29)30)20(28)23-10-19(27)26-21-25-17(11-31-21)14-4-2-3-13(7-14)9-22/h2-8,11-12,24H,10H2,1H3,(H,23,28)(H,25,26,27). The summed E-state index contributed by atoms with van der Waals surface area (Å²) in [7, 11) is -3.53. The minimum atomic E-state index is -3.53. The highest BCUT2D eigenvalue weighted by Crippen LogP contribution is 2.33. The molecular formula is C21H17N5O4S2. The van der Waals surface area contributed by atoms with Crippen molar-refractivity contribution in [2.24, 2.45) is 0 Å². The van der Waals surface area contributed by atoms with E-state index in [0.717, 1.165) is 5.56 Å². The number of nitrogens with zero attached hydrogens (tertiary/aromatic N) is 2. The Balaban J connectivity index is 1.37. The van der Waals surface area contributed by atoms with Gasteiger partial charge in [-0.2, -0.15) is 5.26 Å². The third kappa shape index (κ3) is 4.18. The van der Waals surface area contributed by atoms with Gasteiger partial charge in [-0.25, -0.2) is 13.4 Å². The second kappa shape index (κ2) is 8.41. The van der Waals surface area contributed by atoms with Crippen LogP contribution in [0.4, 0.5) is 10.8 Å². The molecule has 0 saturated heterocycles. The second-order valence-corrected chi connectivity index (χ2v) is 10.1. The van der Waals surface area contributed by atoms with Gasteiger partial charge in [-0.3, -0.25) is 9.59 Å². The molecule has 2 aromatic carbocycles. The van der Waals surface area contributed by atoms with Crippen LogP contribution in [0.15, 0.2) is 52.7 Å². The van der Waals surface area contributed by atoms with Gasteiger partial charge in [0.1, 0.15) is 5.37 Å². The predicted molar refractivity (Wildman–Crippen MR) is 120 cm³/mol. The predicted octanol–water partition coefficient (Wildman–Crippen LogP) is 2.60. The molecule has 1 aromatic heterocycles. The van der Waals surface area contributed by atoms with Gasteiger partial charge in [-0.05, 0) is 37.3 Å². The molecule has 0 aliphatic carbocycles. The van der Waals surface area contributed by atoms with Crippen LogP contribution in [0.5, 0.6) is 0 Å². The molecule has 2 heterocycles. The lowest BCUT2D eigenvalue weighted by Gasteiger charge is -2.06. The fourth-order valence-electron chi connectivity index (χ4n) is 3.14. The van der Waals surface area contributed by atoms with Crippen molar-refractivity contribution in [2.45, 2.75) is 17.2 Å². The summed E-state index contributed by atoms with van der Waals surface area (Å²) < 4.78 is 24.6. The number of hydrogen-bond donors (Lipinski definition) is 3. The van der Waals surface area contributed by atoms with Crippen molar-refractivity contribution in [3.05, 3.63) is 59.0 Å². The number of benzene rings is 2. The van der Waals surface area contributed by atoms with Crippen LogP contribution in [-0.4, -0.2) is 37.1 Å². The minimum Gasteiger partial charge on any atom is -0.368 e. The molecule has 1 atom stereocenters. The first-order valence-corrected chi connectivity index (χ1v) is 11.9. The fourth-order valence-corrected chi connectivity index (χ4v) is 5.27. The Morgan fingerprint density at radius 3 is 2.84 bits per heavy atom. The Kier molecular flexibility index (Phi) is 5.65. The Morgan fingerprint density at radius 1 is 1.25 bits per heavy atom. The lowest BCUT2D eigenvalue weighted by Crippen LogP contribution is -2.32. The lowest BCUT2D eigenvalue weighted by atomic mass is 10.1. The molecular weight excluding hydrogens is 450 g/mol. The first kappa shape index (κ1) is 21.5. The van der Waals surface area contributed by atoms with E-state index in [1.54, 1.807) is 23.6 Å².